The molecule has 3 aromatic rings. The van der Waals surface area contributed by atoms with Gasteiger partial charge in [-0.05, 0) is 50.6 Å². The molecule has 1 atom stereocenters. The number of halogens is 1. The summed E-state index contributed by atoms with van der Waals surface area (Å²) in [6.45, 7) is 5.66. The molecular weight excluding hydrogens is 472 g/mol. The van der Waals surface area contributed by atoms with E-state index in [1.165, 1.54) is 30.2 Å². The number of benzene rings is 1. The maximum Gasteiger partial charge on any atom is 0.340 e. The number of thioether (sulfide) groups is 1. The Hall–Kier alpha value is -2.56. The number of ether oxygens (including phenoxy) is 2. The average molecular weight is 495 g/mol. The molecule has 0 aliphatic rings. The number of aryl methyl sites for hydroxylation is 2. The molecule has 0 saturated carbocycles. The first-order valence-electron chi connectivity index (χ1n) is 9.63. The van der Waals surface area contributed by atoms with Gasteiger partial charge in [0.05, 0.1) is 18.4 Å². The molecule has 0 fully saturated rings. The Morgan fingerprint density at radius 2 is 2.03 bits per heavy atom. The van der Waals surface area contributed by atoms with Gasteiger partial charge in [-0.2, -0.15) is 0 Å². The number of amides is 1. The van der Waals surface area contributed by atoms with Crippen molar-refractivity contribution in [3.63, 3.8) is 0 Å². The lowest BCUT2D eigenvalue weighted by molar-refractivity contribution is -0.113. The van der Waals surface area contributed by atoms with Crippen LogP contribution in [0.2, 0.25) is 5.02 Å². The van der Waals surface area contributed by atoms with Crippen molar-refractivity contribution >= 4 is 51.6 Å². The lowest BCUT2D eigenvalue weighted by Crippen LogP contribution is -2.16. The van der Waals surface area contributed by atoms with E-state index < -0.39 is 5.97 Å². The van der Waals surface area contributed by atoms with Gasteiger partial charge in [0.2, 0.25) is 5.91 Å². The van der Waals surface area contributed by atoms with E-state index in [1.807, 2.05) is 40.0 Å². The van der Waals surface area contributed by atoms with Crippen LogP contribution in [0.25, 0.3) is 0 Å². The predicted molar refractivity (Wildman–Crippen MR) is 126 cm³/mol. The van der Waals surface area contributed by atoms with Crippen LogP contribution in [0, 0.1) is 13.8 Å². The number of carbonyl (C=O) groups is 2. The molecule has 0 radical (unpaired) electrons. The van der Waals surface area contributed by atoms with E-state index >= 15 is 0 Å². The van der Waals surface area contributed by atoms with Gasteiger partial charge in [-0.25, -0.2) is 4.79 Å². The van der Waals surface area contributed by atoms with Gasteiger partial charge in [-0.15, -0.1) is 21.5 Å². The third-order valence-corrected chi connectivity index (χ3v) is 6.74. The topological polar surface area (TPSA) is 95.3 Å². The van der Waals surface area contributed by atoms with Gasteiger partial charge in [0.25, 0.3) is 0 Å². The van der Waals surface area contributed by atoms with E-state index in [9.17, 15) is 9.59 Å². The molecule has 11 heteroatoms. The van der Waals surface area contributed by atoms with Crippen molar-refractivity contribution in [2.24, 2.45) is 7.05 Å². The van der Waals surface area contributed by atoms with Gasteiger partial charge in [0, 0.05) is 16.9 Å². The zero-order valence-corrected chi connectivity index (χ0v) is 20.7. The summed E-state index contributed by atoms with van der Waals surface area (Å²) in [4.78, 5) is 25.2. The van der Waals surface area contributed by atoms with Crippen molar-refractivity contribution < 1.29 is 19.1 Å². The first kappa shape index (κ1) is 24.1. The molecule has 0 saturated heterocycles. The summed E-state index contributed by atoms with van der Waals surface area (Å²) in [5, 5.41) is 12.9. The van der Waals surface area contributed by atoms with Crippen LogP contribution in [0.5, 0.6) is 5.75 Å². The molecule has 0 aliphatic carbocycles. The highest BCUT2D eigenvalue weighted by Crippen LogP contribution is 2.30. The first-order chi connectivity index (χ1) is 15.2. The smallest absolute Gasteiger partial charge is 0.340 e. The van der Waals surface area contributed by atoms with Crippen LogP contribution in [0.3, 0.4) is 0 Å². The van der Waals surface area contributed by atoms with Crippen LogP contribution in [0.4, 0.5) is 5.00 Å². The summed E-state index contributed by atoms with van der Waals surface area (Å²) >= 11 is 8.57. The summed E-state index contributed by atoms with van der Waals surface area (Å²) in [5.74, 6) is 0.706. The maximum absolute atomic E-state index is 12.4. The van der Waals surface area contributed by atoms with Gasteiger partial charge in [0.15, 0.2) is 17.1 Å². The highest BCUT2D eigenvalue weighted by atomic mass is 35.5. The lowest BCUT2D eigenvalue weighted by Gasteiger charge is -2.16. The highest BCUT2D eigenvalue weighted by Gasteiger charge is 2.20. The second kappa shape index (κ2) is 10.4. The minimum Gasteiger partial charge on any atom is -0.482 e. The number of thiophene rings is 1. The number of nitrogens with one attached hydrogen (secondary N) is 1. The molecule has 170 valence electrons. The first-order valence-corrected chi connectivity index (χ1v) is 11.8. The van der Waals surface area contributed by atoms with Crippen molar-refractivity contribution in [1.29, 1.82) is 0 Å². The van der Waals surface area contributed by atoms with E-state index in [1.54, 1.807) is 16.7 Å². The SMILES string of the molecule is COC(=O)c1cc(C)sc1NC(=O)CSc1nnc(C(C)Oc2ccc(Cl)cc2C)n1C. The molecular formula is C21H23ClN4O4S2. The van der Waals surface area contributed by atoms with Crippen LogP contribution < -0.4 is 10.1 Å². The number of anilines is 1. The number of hydrogen-bond acceptors (Lipinski definition) is 8. The summed E-state index contributed by atoms with van der Waals surface area (Å²) in [6.07, 6.45) is -0.354. The molecule has 2 heterocycles. The second-order valence-electron chi connectivity index (χ2n) is 7.00. The normalized spacial score (nSPS) is 11.8. The third kappa shape index (κ3) is 5.62. The summed E-state index contributed by atoms with van der Waals surface area (Å²) in [5.41, 5.74) is 1.27. The molecule has 1 aromatic carbocycles. The van der Waals surface area contributed by atoms with Crippen LogP contribution in [0.1, 0.15) is 39.7 Å². The van der Waals surface area contributed by atoms with Crippen molar-refractivity contribution in [2.45, 2.75) is 32.0 Å². The summed E-state index contributed by atoms with van der Waals surface area (Å²) in [6, 6.07) is 7.12. The van der Waals surface area contributed by atoms with Crippen molar-refractivity contribution in [3.05, 3.63) is 51.1 Å². The van der Waals surface area contributed by atoms with Crippen LogP contribution in [0.15, 0.2) is 29.4 Å². The van der Waals surface area contributed by atoms with E-state index in [4.69, 9.17) is 21.1 Å². The van der Waals surface area contributed by atoms with Gasteiger partial charge in [-0.3, -0.25) is 4.79 Å². The van der Waals surface area contributed by atoms with Gasteiger partial charge < -0.3 is 19.4 Å². The van der Waals surface area contributed by atoms with Crippen LogP contribution in [-0.2, 0) is 16.6 Å². The number of methoxy groups -OCH3 is 1. The number of rotatable bonds is 8. The van der Waals surface area contributed by atoms with Gasteiger partial charge in [0.1, 0.15) is 10.8 Å². The molecule has 0 bridgehead atoms. The highest BCUT2D eigenvalue weighted by molar-refractivity contribution is 7.99. The Morgan fingerprint density at radius 3 is 2.72 bits per heavy atom. The quantitative estimate of drug-likeness (QED) is 0.355. The predicted octanol–water partition coefficient (Wildman–Crippen LogP) is 4.80. The minimum absolute atomic E-state index is 0.106. The largest absolute Gasteiger partial charge is 0.482 e. The Balaban J connectivity index is 1.62. The van der Waals surface area contributed by atoms with Crippen molar-refractivity contribution in [2.75, 3.05) is 18.2 Å². The minimum atomic E-state index is -0.486. The number of esters is 1. The number of hydrogen-bond donors (Lipinski definition) is 1. The fourth-order valence-electron chi connectivity index (χ4n) is 2.96. The second-order valence-corrected chi connectivity index (χ2v) is 9.63. The average Bonchev–Trinajstić information content (AvgIpc) is 3.29. The fourth-order valence-corrected chi connectivity index (χ4v) is 4.82. The summed E-state index contributed by atoms with van der Waals surface area (Å²) in [7, 11) is 3.13. The van der Waals surface area contributed by atoms with Gasteiger partial charge >= 0.3 is 5.97 Å². The maximum atomic E-state index is 12.4. The molecule has 1 amide bonds. The van der Waals surface area contributed by atoms with E-state index in [0.29, 0.717) is 32.3 Å². The zero-order chi connectivity index (χ0) is 23.4. The van der Waals surface area contributed by atoms with E-state index in [-0.39, 0.29) is 17.8 Å². The van der Waals surface area contributed by atoms with E-state index in [0.717, 1.165) is 10.4 Å². The van der Waals surface area contributed by atoms with E-state index in [2.05, 4.69) is 15.5 Å². The third-order valence-electron chi connectivity index (χ3n) is 4.52. The Morgan fingerprint density at radius 1 is 1.28 bits per heavy atom. The van der Waals surface area contributed by atoms with Crippen LogP contribution >= 0.6 is 34.7 Å². The number of carbonyl (C=O) groups excluding carboxylic acids is 2. The molecule has 2 aromatic heterocycles. The monoisotopic (exact) mass is 494 g/mol. The van der Waals surface area contributed by atoms with Crippen molar-refractivity contribution in [3.8, 4) is 5.75 Å². The lowest BCUT2D eigenvalue weighted by atomic mass is 10.2. The van der Waals surface area contributed by atoms with Crippen molar-refractivity contribution in [1.82, 2.24) is 14.8 Å². The number of aromatic nitrogens is 3. The van der Waals surface area contributed by atoms with Gasteiger partial charge in [-0.1, -0.05) is 23.4 Å². The molecule has 32 heavy (non-hydrogen) atoms. The Bertz CT molecular complexity index is 1150. The molecule has 1 unspecified atom stereocenters. The summed E-state index contributed by atoms with van der Waals surface area (Å²) < 4.78 is 12.6. The van der Waals surface area contributed by atoms with Crippen LogP contribution in [-0.4, -0.2) is 39.5 Å². The Labute approximate surface area is 199 Å². The zero-order valence-electron chi connectivity index (χ0n) is 18.3. The Kier molecular flexibility index (Phi) is 7.81. The standard InChI is InChI=1S/C21H23ClN4O4S2/c1-11-8-14(22)6-7-16(11)30-13(3)18-24-25-21(26(18)4)31-10-17(27)23-19-15(20(28)29-5)9-12(2)32-19/h6-9,13H,10H2,1-5H3,(H,23,27). The fraction of sp³-hybridized carbons (Fsp3) is 0.333. The molecule has 8 nitrogen and oxygen atoms in total. The molecule has 3 rings (SSSR count). The molecule has 0 spiro atoms. The number of nitrogens with zero attached hydrogens (tertiary/aromatic N) is 3. The molecule has 1 N–H and O–H groups in total. The molecule has 0 aliphatic heterocycles.